The summed E-state index contributed by atoms with van der Waals surface area (Å²) in [5, 5.41) is 2.66. The Bertz CT molecular complexity index is 624. The first-order valence-electron chi connectivity index (χ1n) is 7.65. The maximum atomic E-state index is 11.0. The largest absolute Gasteiger partial charge is 0.492 e. The average Bonchev–Trinajstić information content (AvgIpc) is 2.59. The summed E-state index contributed by atoms with van der Waals surface area (Å²) in [5.74, 6) is 0.580. The number of amides is 1. The molecule has 0 unspecified atom stereocenters. The molecule has 0 aromatic heterocycles. The number of alkyl halides is 1. The summed E-state index contributed by atoms with van der Waals surface area (Å²) in [6.45, 7) is 5.28. The lowest BCUT2D eigenvalue weighted by atomic mass is 9.78. The molecule has 2 aromatic rings. The van der Waals surface area contributed by atoms with Crippen molar-refractivity contribution in [1.29, 1.82) is 0 Å². The number of benzene rings is 2. The Morgan fingerprint density at radius 3 is 2.26 bits per heavy atom. The minimum absolute atomic E-state index is 0.0245. The fourth-order valence-corrected chi connectivity index (χ4v) is 2.49. The zero-order chi connectivity index (χ0) is 16.7. The monoisotopic (exact) mass is 331 g/mol. The highest BCUT2D eigenvalue weighted by molar-refractivity contribution is 6.27. The van der Waals surface area contributed by atoms with Crippen LogP contribution in [0, 0.1) is 0 Å². The minimum Gasteiger partial charge on any atom is -0.492 e. The molecule has 122 valence electrons. The van der Waals surface area contributed by atoms with Crippen LogP contribution in [0.2, 0.25) is 0 Å². The van der Waals surface area contributed by atoms with Gasteiger partial charge in [-0.1, -0.05) is 56.3 Å². The lowest BCUT2D eigenvalue weighted by Gasteiger charge is -2.26. The summed E-state index contributed by atoms with van der Waals surface area (Å²) < 4.78 is 5.62. The van der Waals surface area contributed by atoms with Crippen molar-refractivity contribution in [3.05, 3.63) is 65.7 Å². The van der Waals surface area contributed by atoms with Crippen LogP contribution in [-0.4, -0.2) is 24.9 Å². The molecular weight excluding hydrogens is 310 g/mol. The van der Waals surface area contributed by atoms with Crippen molar-refractivity contribution in [2.24, 2.45) is 0 Å². The molecule has 0 bridgehead atoms. The van der Waals surface area contributed by atoms with E-state index in [0.717, 1.165) is 5.75 Å². The predicted octanol–water partition coefficient (Wildman–Crippen LogP) is 3.75. The highest BCUT2D eigenvalue weighted by atomic mass is 35.5. The van der Waals surface area contributed by atoms with Crippen molar-refractivity contribution in [2.45, 2.75) is 19.3 Å². The van der Waals surface area contributed by atoms with Gasteiger partial charge in [0, 0.05) is 5.41 Å². The first kappa shape index (κ1) is 17.4. The molecule has 0 aliphatic heterocycles. The molecule has 2 aromatic carbocycles. The molecule has 2 rings (SSSR count). The smallest absolute Gasteiger partial charge is 0.235 e. The van der Waals surface area contributed by atoms with Crippen LogP contribution in [0.15, 0.2) is 54.6 Å². The van der Waals surface area contributed by atoms with Crippen molar-refractivity contribution in [3.63, 3.8) is 0 Å². The van der Waals surface area contributed by atoms with Gasteiger partial charge in [-0.15, -0.1) is 11.6 Å². The lowest BCUT2D eigenvalue weighted by Crippen LogP contribution is -2.28. The van der Waals surface area contributed by atoms with E-state index in [9.17, 15) is 4.79 Å². The number of halogens is 1. The quantitative estimate of drug-likeness (QED) is 0.620. The number of ether oxygens (including phenoxy) is 1. The van der Waals surface area contributed by atoms with E-state index in [1.165, 1.54) is 11.1 Å². The molecular formula is C19H22ClNO2. The van der Waals surface area contributed by atoms with Gasteiger partial charge >= 0.3 is 0 Å². The second kappa shape index (κ2) is 8.02. The fourth-order valence-electron chi connectivity index (χ4n) is 2.40. The van der Waals surface area contributed by atoms with Gasteiger partial charge in [0.05, 0.1) is 6.54 Å². The number of carbonyl (C=O) groups is 1. The standard InChI is InChI=1S/C19H22ClNO2/c1-19(2,15-6-4-3-5-7-15)16-8-10-17(11-9-16)23-13-12-21-18(22)14-20/h3-11H,12-14H2,1-2H3,(H,21,22). The summed E-state index contributed by atoms with van der Waals surface area (Å²) in [7, 11) is 0. The Hall–Kier alpha value is -2.00. The molecule has 3 nitrogen and oxygen atoms in total. The maximum absolute atomic E-state index is 11.0. The number of nitrogens with one attached hydrogen (secondary N) is 1. The van der Waals surface area contributed by atoms with Crippen molar-refractivity contribution >= 4 is 17.5 Å². The van der Waals surface area contributed by atoms with Gasteiger partial charge in [-0.2, -0.15) is 0 Å². The molecule has 0 radical (unpaired) electrons. The van der Waals surface area contributed by atoms with Crippen LogP contribution in [0.4, 0.5) is 0 Å². The molecule has 0 heterocycles. The van der Waals surface area contributed by atoms with E-state index in [0.29, 0.717) is 13.2 Å². The van der Waals surface area contributed by atoms with Gasteiger partial charge in [0.2, 0.25) is 5.91 Å². The molecule has 0 atom stereocenters. The van der Waals surface area contributed by atoms with E-state index in [1.807, 2.05) is 18.2 Å². The van der Waals surface area contributed by atoms with Crippen LogP contribution in [-0.2, 0) is 10.2 Å². The third kappa shape index (κ3) is 4.73. The molecule has 0 saturated heterocycles. The summed E-state index contributed by atoms with van der Waals surface area (Å²) in [6, 6.07) is 18.5. The van der Waals surface area contributed by atoms with Crippen LogP contribution in [0.3, 0.4) is 0 Å². The highest BCUT2D eigenvalue weighted by Crippen LogP contribution is 2.32. The Morgan fingerprint density at radius 1 is 1.04 bits per heavy atom. The molecule has 0 saturated carbocycles. The van der Waals surface area contributed by atoms with E-state index < -0.39 is 0 Å². The number of hydrogen-bond donors (Lipinski definition) is 1. The summed E-state index contributed by atoms with van der Waals surface area (Å²) in [5.41, 5.74) is 2.44. The van der Waals surface area contributed by atoms with Crippen molar-refractivity contribution in [3.8, 4) is 5.75 Å². The van der Waals surface area contributed by atoms with Gasteiger partial charge < -0.3 is 10.1 Å². The average molecular weight is 332 g/mol. The van der Waals surface area contributed by atoms with E-state index in [-0.39, 0.29) is 17.2 Å². The zero-order valence-corrected chi connectivity index (χ0v) is 14.3. The highest BCUT2D eigenvalue weighted by Gasteiger charge is 2.22. The normalized spacial score (nSPS) is 11.1. The maximum Gasteiger partial charge on any atom is 0.235 e. The Kier molecular flexibility index (Phi) is 6.05. The number of carbonyl (C=O) groups excluding carboxylic acids is 1. The molecule has 0 fully saturated rings. The zero-order valence-electron chi connectivity index (χ0n) is 13.5. The van der Waals surface area contributed by atoms with Gasteiger partial charge in [-0.3, -0.25) is 4.79 Å². The van der Waals surface area contributed by atoms with Crippen molar-refractivity contribution in [1.82, 2.24) is 5.32 Å². The first-order valence-corrected chi connectivity index (χ1v) is 8.19. The Morgan fingerprint density at radius 2 is 1.65 bits per heavy atom. The van der Waals surface area contributed by atoms with Crippen LogP contribution < -0.4 is 10.1 Å². The van der Waals surface area contributed by atoms with Gasteiger partial charge in [-0.05, 0) is 23.3 Å². The van der Waals surface area contributed by atoms with Gasteiger partial charge in [0.15, 0.2) is 0 Å². The van der Waals surface area contributed by atoms with E-state index in [1.54, 1.807) is 0 Å². The van der Waals surface area contributed by atoms with E-state index in [2.05, 4.69) is 55.6 Å². The topological polar surface area (TPSA) is 38.3 Å². The van der Waals surface area contributed by atoms with Crippen LogP contribution in [0.1, 0.15) is 25.0 Å². The number of hydrogen-bond acceptors (Lipinski definition) is 2. The lowest BCUT2D eigenvalue weighted by molar-refractivity contribution is -0.118. The van der Waals surface area contributed by atoms with Crippen molar-refractivity contribution < 1.29 is 9.53 Å². The fraction of sp³-hybridized carbons (Fsp3) is 0.316. The third-order valence-electron chi connectivity index (χ3n) is 3.89. The molecule has 4 heteroatoms. The number of rotatable bonds is 7. The van der Waals surface area contributed by atoms with Crippen LogP contribution in [0.5, 0.6) is 5.75 Å². The minimum atomic E-state index is -0.185. The Labute approximate surface area is 142 Å². The van der Waals surface area contributed by atoms with Gasteiger partial charge in [0.1, 0.15) is 18.2 Å². The van der Waals surface area contributed by atoms with Gasteiger partial charge in [-0.25, -0.2) is 0 Å². The molecule has 1 N–H and O–H groups in total. The van der Waals surface area contributed by atoms with Gasteiger partial charge in [0.25, 0.3) is 0 Å². The SMILES string of the molecule is CC(C)(c1ccccc1)c1ccc(OCCNC(=O)CCl)cc1. The summed E-state index contributed by atoms with van der Waals surface area (Å²) in [4.78, 5) is 11.0. The van der Waals surface area contributed by atoms with Crippen LogP contribution in [0.25, 0.3) is 0 Å². The molecule has 1 amide bonds. The second-order valence-electron chi connectivity index (χ2n) is 5.85. The molecule has 0 aliphatic carbocycles. The van der Waals surface area contributed by atoms with Crippen LogP contribution >= 0.6 is 11.6 Å². The summed E-state index contributed by atoms with van der Waals surface area (Å²) in [6.07, 6.45) is 0. The first-order chi connectivity index (χ1) is 11.0. The third-order valence-corrected chi connectivity index (χ3v) is 4.13. The second-order valence-corrected chi connectivity index (χ2v) is 6.11. The summed E-state index contributed by atoms with van der Waals surface area (Å²) >= 11 is 5.41. The molecule has 0 aliphatic rings. The molecule has 0 spiro atoms. The predicted molar refractivity (Wildman–Crippen MR) is 94.2 cm³/mol. The van der Waals surface area contributed by atoms with E-state index in [4.69, 9.17) is 16.3 Å². The van der Waals surface area contributed by atoms with Crippen molar-refractivity contribution in [2.75, 3.05) is 19.0 Å². The molecule has 23 heavy (non-hydrogen) atoms. The van der Waals surface area contributed by atoms with E-state index >= 15 is 0 Å². The Balaban J connectivity index is 1.95.